The summed E-state index contributed by atoms with van der Waals surface area (Å²) >= 11 is 9.52. The Morgan fingerprint density at radius 2 is 1.60 bits per heavy atom. The van der Waals surface area contributed by atoms with Crippen molar-refractivity contribution in [2.24, 2.45) is 17.6 Å². The molecule has 0 radical (unpaired) electrons. The molecule has 7 amide bonds. The minimum atomic E-state index is -4.64. The first-order valence-electron chi connectivity index (χ1n) is 28.1. The lowest BCUT2D eigenvalue weighted by Gasteiger charge is -2.30. The molecule has 0 saturated carbocycles. The van der Waals surface area contributed by atoms with E-state index in [1.807, 2.05) is 0 Å². The first kappa shape index (κ1) is 68.3. The molecule has 4 aliphatic rings. The summed E-state index contributed by atoms with van der Waals surface area (Å²) in [6, 6.07) is 4.36. The molecule has 9 rings (SSSR count). The fraction of sp³-hybridized carbons (Fsp3) is 0.490. The number of fused-ring (bicyclic) bond motifs is 4. The van der Waals surface area contributed by atoms with E-state index in [2.05, 4.69) is 58.1 Å². The summed E-state index contributed by atoms with van der Waals surface area (Å²) in [5.74, 6) is -4.43. The highest BCUT2D eigenvalue weighted by atomic mass is 32.7. The van der Waals surface area contributed by atoms with Crippen LogP contribution in [0.5, 0.6) is 0 Å². The molecule has 92 heavy (non-hydrogen) atoms. The Hall–Kier alpha value is -8.10. The number of rotatable bonds is 22. The highest BCUT2D eigenvalue weighted by molar-refractivity contribution is 8.44. The number of ether oxygens (including phenoxy) is 5. The van der Waals surface area contributed by atoms with E-state index in [9.17, 15) is 52.6 Å². The molecule has 0 aliphatic carbocycles. The smallest absolute Gasteiger partial charge is 0.445 e. The van der Waals surface area contributed by atoms with Crippen LogP contribution in [-0.4, -0.2) is 191 Å². The van der Waals surface area contributed by atoms with Crippen molar-refractivity contribution >= 4 is 125 Å². The van der Waals surface area contributed by atoms with Crippen molar-refractivity contribution in [1.82, 2.24) is 59.5 Å². The molecule has 5 aromatic rings. The molecule has 4 aliphatic heterocycles. The predicted molar refractivity (Wildman–Crippen MR) is 321 cm³/mol. The molecule has 12 atom stereocenters. The molecule has 0 spiro atoms. The van der Waals surface area contributed by atoms with Crippen molar-refractivity contribution in [2.45, 2.75) is 101 Å². The van der Waals surface area contributed by atoms with Crippen LogP contribution in [-0.2, 0) is 88.7 Å². The number of carbonyl (C=O) groups excluding carboxylic acids is 8. The second-order valence-corrected chi connectivity index (χ2v) is 27.1. The molecular weight excluding hydrogens is 1300 g/mol. The zero-order valence-corrected chi connectivity index (χ0v) is 52.4. The molecule has 36 nitrogen and oxygen atoms in total. The highest BCUT2D eigenvalue weighted by Crippen LogP contribution is 2.59. The van der Waals surface area contributed by atoms with Gasteiger partial charge < -0.3 is 71.2 Å². The van der Waals surface area contributed by atoms with Crippen LogP contribution in [0.2, 0.25) is 0 Å². The van der Waals surface area contributed by atoms with Crippen LogP contribution in [0.25, 0.3) is 22.3 Å². The van der Waals surface area contributed by atoms with Crippen LogP contribution in [0, 0.1) is 11.8 Å². The number of aromatic nitrogens is 8. The fourth-order valence-electron chi connectivity index (χ4n) is 10.1. The van der Waals surface area contributed by atoms with Crippen LogP contribution in [0.4, 0.5) is 36.2 Å². The Kier molecular flexibility index (Phi) is 21.7. The maximum atomic E-state index is 16.5. The van der Waals surface area contributed by atoms with Crippen LogP contribution in [0.3, 0.4) is 0 Å². The summed E-state index contributed by atoms with van der Waals surface area (Å²) in [6.45, 7) is -8.54. The Balaban J connectivity index is 0.805. The molecule has 11 N–H and O–H groups in total. The number of imidazole rings is 2. The van der Waals surface area contributed by atoms with E-state index in [4.69, 9.17) is 70.8 Å². The third kappa shape index (κ3) is 16.6. The van der Waals surface area contributed by atoms with Crippen molar-refractivity contribution in [3.63, 3.8) is 0 Å². The largest absolute Gasteiger partial charge is 0.508 e. The number of alkyl halides is 1. The Morgan fingerprint density at radius 1 is 0.924 bits per heavy atom. The minimum Gasteiger partial charge on any atom is -0.445 e. The average molecular weight is 1370 g/mol. The number of halogens is 1. The van der Waals surface area contributed by atoms with Gasteiger partial charge in [-0.1, -0.05) is 38.2 Å². The number of hydrogen-bond acceptors (Lipinski definition) is 27. The number of thiol groups is 1. The van der Waals surface area contributed by atoms with Crippen LogP contribution < -0.4 is 38.7 Å². The summed E-state index contributed by atoms with van der Waals surface area (Å²) in [6.07, 6.45) is -10.5. The van der Waals surface area contributed by atoms with Crippen LogP contribution in [0.1, 0.15) is 57.6 Å². The number of nitrogens with zero attached hydrogens (tertiary/aromatic N) is 9. The number of H-pyrrole nitrogens is 1. The van der Waals surface area contributed by atoms with Gasteiger partial charge >= 0.3 is 31.8 Å². The lowest BCUT2D eigenvalue weighted by atomic mass is 9.89. The number of benzene rings is 1. The predicted octanol–water partition coefficient (Wildman–Crippen LogP) is 1.54. The summed E-state index contributed by atoms with van der Waals surface area (Å²) < 4.78 is 84.5. The number of hydrogen-bond donors (Lipinski definition) is 9. The van der Waals surface area contributed by atoms with Gasteiger partial charge in [-0.05, 0) is 48.3 Å². The first-order chi connectivity index (χ1) is 43.6. The minimum absolute atomic E-state index is 0.0123. The first-order valence-corrected chi connectivity index (χ1v) is 33.4. The number of anilines is 3. The number of nitrogens with two attached hydrogens (primary N) is 3. The van der Waals surface area contributed by atoms with Gasteiger partial charge in [0.25, 0.3) is 17.4 Å². The third-order valence-electron chi connectivity index (χ3n) is 14.7. The number of aromatic amines is 1. The molecular formula is C51H63FN16O20P2S2. The summed E-state index contributed by atoms with van der Waals surface area (Å²) in [7, 11) is 1.34. The van der Waals surface area contributed by atoms with E-state index in [0.29, 0.717) is 11.3 Å². The van der Waals surface area contributed by atoms with Gasteiger partial charge in [-0.2, -0.15) is 4.98 Å². The van der Waals surface area contributed by atoms with E-state index >= 15 is 4.39 Å². The molecule has 4 aromatic heterocycles. The van der Waals surface area contributed by atoms with E-state index in [-0.39, 0.29) is 86.0 Å². The van der Waals surface area contributed by atoms with E-state index in [0.717, 1.165) is 39.2 Å². The Bertz CT molecular complexity index is 3810. The van der Waals surface area contributed by atoms with Crippen molar-refractivity contribution < 1.29 is 94.0 Å². The molecule has 0 bridgehead atoms. The Morgan fingerprint density at radius 3 is 2.30 bits per heavy atom. The quantitative estimate of drug-likeness (QED) is 0.0156. The number of imide groups is 1. The topological polar surface area (TPSA) is 485 Å². The van der Waals surface area contributed by atoms with Gasteiger partial charge in [0.2, 0.25) is 17.8 Å². The van der Waals surface area contributed by atoms with Gasteiger partial charge in [-0.3, -0.25) is 61.4 Å². The zero-order valence-electron chi connectivity index (χ0n) is 48.9. The molecule has 1 aromatic carbocycles. The molecule has 3 saturated heterocycles. The maximum Gasteiger partial charge on any atom is 0.508 e. The lowest BCUT2D eigenvalue weighted by Crippen LogP contribution is -2.46. The van der Waals surface area contributed by atoms with Crippen LogP contribution in [0.15, 0.2) is 60.2 Å². The van der Waals surface area contributed by atoms with Crippen molar-refractivity contribution in [3.8, 4) is 0 Å². The van der Waals surface area contributed by atoms with Gasteiger partial charge in [0.05, 0.1) is 38.5 Å². The highest BCUT2D eigenvalue weighted by Gasteiger charge is 2.55. The number of ketones is 1. The van der Waals surface area contributed by atoms with E-state index < -0.39 is 154 Å². The number of carbonyl (C=O) groups is 8. The number of nitrogens with one attached hydrogen (secondary N) is 4. The number of urea groups is 1. The second kappa shape index (κ2) is 29.2. The third-order valence-corrected chi connectivity index (χ3v) is 17.8. The number of nitrogen functional groups attached to an aromatic ring is 2. The summed E-state index contributed by atoms with van der Waals surface area (Å²) in [4.78, 5) is 152. The van der Waals surface area contributed by atoms with Gasteiger partial charge in [0.15, 0.2) is 53.1 Å². The standard InChI is InChI=1S/C51H63FN16O20P2S2/c1-24(2)35(62-31(70)12-14-66-32(71)10-11-33(66)72)28(69)17-26(5-4-13-56-49(55)75)44(73)61-27-8-6-25(7-9-27)18-81-50(76)65(3)15-16-80-51(77)86-40-39-30(85-47(40)68-23-60-37-43(68)63-48(54)64-45(37)74)20-83-89(78,91)87-38-29(19-82-90(79,92)88-39)84-46(34(38)52)67-22-59-36-41(53)57-21-58-42(36)67/h6-11,21-24,26,29-30,34-35,38-40,46-47H,4-5,12-20H2,1-3H3,(H,61,73)(H,62,70)(H,78,91)(H,79,92)(H2,53,57,58)(H3,55,56,75)(H3,54,63,64,74)/t26-,29-,30-,34-,35+,38-,39-,40-,46-,47-,89?,90?/m1/s1. The van der Waals surface area contributed by atoms with Crippen LogP contribution >= 0.6 is 25.8 Å². The average Bonchev–Trinajstić information content (AvgIpc) is 1.63. The van der Waals surface area contributed by atoms with Gasteiger partial charge in [0, 0.05) is 56.7 Å². The monoisotopic (exact) mass is 1360 g/mol. The molecule has 2 unspecified atom stereocenters. The van der Waals surface area contributed by atoms with Gasteiger partial charge in [-0.15, -0.1) is 0 Å². The lowest BCUT2D eigenvalue weighted by molar-refractivity contribution is -0.137. The second-order valence-electron chi connectivity index (χ2n) is 21.4. The molecule has 8 heterocycles. The normalized spacial score (nSPS) is 25.5. The van der Waals surface area contributed by atoms with Gasteiger partial charge in [-0.25, -0.2) is 43.3 Å². The maximum absolute atomic E-state index is 16.5. The molecule has 496 valence electrons. The van der Waals surface area contributed by atoms with Crippen molar-refractivity contribution in [3.05, 3.63) is 71.3 Å². The SMILES string of the molecule is CC(C)[C@H](NC(=O)CCN1C(=O)C=CC1=O)C(=O)C[C@@H](CCCNC(N)=O)C(=O)Nc1ccc(COC(=O)N(C)CCOC(=O)O[C@@H]2[C@@H]3OP(O)(=S)OC[C@H]4O[C@@H](n5cnc6c(N)ncnc65)[C@H](F)[C@@H]4OP(=O)(S)OC[C@H]3O[C@H]2n2cnc3c(=O)[nH]c(N)nc32)cc1. The summed E-state index contributed by atoms with van der Waals surface area (Å²) in [5, 5.41) is 7.87. The fourth-order valence-corrected chi connectivity index (χ4v) is 13.0. The van der Waals surface area contributed by atoms with E-state index in [1.165, 1.54) is 30.1 Å². The number of primary amides is 1. The Labute approximate surface area is 529 Å². The number of likely N-dealkylation sites (N-methyl/N-ethyl adjacent to an activating group) is 1. The van der Waals surface area contributed by atoms with Crippen molar-refractivity contribution in [1.29, 1.82) is 0 Å². The van der Waals surface area contributed by atoms with Crippen molar-refractivity contribution in [2.75, 3.05) is 63.3 Å². The van der Waals surface area contributed by atoms with Gasteiger partial charge in [0.1, 0.15) is 49.5 Å². The number of amides is 7. The molecule has 3 fully saturated rings. The number of Topliss-reactive ketones (excluding diaryl/α,β-unsaturated/α-hetero) is 1. The summed E-state index contributed by atoms with van der Waals surface area (Å²) in [5.41, 5.74) is 16.8. The van der Waals surface area contributed by atoms with E-state index in [1.54, 1.807) is 26.0 Å². The molecule has 41 heteroatoms. The zero-order chi connectivity index (χ0) is 66.3.